The summed E-state index contributed by atoms with van der Waals surface area (Å²) < 4.78 is 42.6. The molecule has 0 unspecified atom stereocenters. The first kappa shape index (κ1) is 22.8. The molecule has 5 aromatic rings. The van der Waals surface area contributed by atoms with Gasteiger partial charge in [0.05, 0.1) is 17.5 Å². The Bertz CT molecular complexity index is 1730. The van der Waals surface area contributed by atoms with Crippen LogP contribution in [0.5, 0.6) is 0 Å². The number of fused-ring (bicyclic) bond motifs is 2. The van der Waals surface area contributed by atoms with Gasteiger partial charge in [-0.1, -0.05) is 30.3 Å². The van der Waals surface area contributed by atoms with Crippen molar-refractivity contribution in [3.63, 3.8) is 0 Å². The molecule has 0 aliphatic rings. The number of benzene rings is 2. The Morgan fingerprint density at radius 3 is 2.40 bits per heavy atom. The van der Waals surface area contributed by atoms with Crippen LogP contribution in [-0.2, 0) is 29.4 Å². The summed E-state index contributed by atoms with van der Waals surface area (Å²) >= 11 is 0. The lowest BCUT2D eigenvalue weighted by atomic mass is 10.1. The van der Waals surface area contributed by atoms with Gasteiger partial charge in [-0.15, -0.1) is 0 Å². The highest BCUT2D eigenvalue weighted by Gasteiger charge is 2.13. The fraction of sp³-hybridized carbons (Fsp3) is 0.115. The number of rotatable bonds is 6. The maximum absolute atomic E-state index is 13.5. The number of aryl methyl sites for hydroxylation is 1. The minimum Gasteiger partial charge on any atom is -0.289 e. The lowest BCUT2D eigenvalue weighted by molar-refractivity contribution is 0.580. The highest BCUT2D eigenvalue weighted by Crippen LogP contribution is 2.22. The Hall–Kier alpha value is -3.95. The first-order valence-corrected chi connectivity index (χ1v) is 12.5. The van der Waals surface area contributed by atoms with Gasteiger partial charge >= 0.3 is 0 Å². The minimum absolute atomic E-state index is 0.0470. The van der Waals surface area contributed by atoms with Gasteiger partial charge in [-0.05, 0) is 46.8 Å². The van der Waals surface area contributed by atoms with E-state index in [-0.39, 0.29) is 23.5 Å². The normalized spacial score (nSPS) is 11.8. The van der Waals surface area contributed by atoms with Crippen molar-refractivity contribution in [2.75, 3.05) is 0 Å². The van der Waals surface area contributed by atoms with Crippen LogP contribution in [-0.4, -0.2) is 23.2 Å². The van der Waals surface area contributed by atoms with Crippen molar-refractivity contribution in [2.45, 2.75) is 12.3 Å². The molecule has 35 heavy (non-hydrogen) atoms. The predicted octanol–water partition coefficient (Wildman–Crippen LogP) is 3.91. The van der Waals surface area contributed by atoms with Crippen LogP contribution in [0, 0.1) is 5.82 Å². The molecule has 2 heterocycles. The second kappa shape index (κ2) is 9.01. The van der Waals surface area contributed by atoms with E-state index in [1.165, 1.54) is 24.3 Å². The van der Waals surface area contributed by atoms with Crippen molar-refractivity contribution in [1.82, 2.24) is 19.5 Å². The molecule has 0 saturated heterocycles. The average molecular weight is 489 g/mol. The zero-order valence-electron chi connectivity index (χ0n) is 18.8. The SMILES string of the molecule is Cn1cc(-c2cnc3ccc4ccc(CS(=O)(=O)NCc5ccc(F)cc5)cc4c(=O)c3c2)cn1. The maximum Gasteiger partial charge on any atom is 0.216 e. The van der Waals surface area contributed by atoms with E-state index >= 15 is 0 Å². The van der Waals surface area contributed by atoms with E-state index in [1.807, 2.05) is 13.2 Å². The lowest BCUT2D eigenvalue weighted by Crippen LogP contribution is -2.24. The monoisotopic (exact) mass is 488 g/mol. The molecule has 0 spiro atoms. The van der Waals surface area contributed by atoms with Crippen LogP contribution in [0.2, 0.25) is 0 Å². The average Bonchev–Trinajstić information content (AvgIpc) is 3.23. The van der Waals surface area contributed by atoms with Gasteiger partial charge in [0, 0.05) is 47.9 Å². The summed E-state index contributed by atoms with van der Waals surface area (Å²) in [4.78, 5) is 17.9. The molecule has 7 nitrogen and oxygen atoms in total. The predicted molar refractivity (Wildman–Crippen MR) is 134 cm³/mol. The smallest absolute Gasteiger partial charge is 0.216 e. The molecule has 0 aliphatic carbocycles. The van der Waals surface area contributed by atoms with E-state index in [4.69, 9.17) is 0 Å². The van der Waals surface area contributed by atoms with Gasteiger partial charge in [0.25, 0.3) is 0 Å². The molecule has 0 bridgehead atoms. The standard InChI is InChI=1S/C26H21FN4O3S/c1-31-15-21(14-29-31)20-11-24-25(28-13-20)9-6-19-5-2-18(10-23(19)26(24)32)16-35(33,34)30-12-17-3-7-22(27)8-4-17/h2-11,13-15,30H,12,16H2,1H3. The van der Waals surface area contributed by atoms with Crippen molar-refractivity contribution < 1.29 is 12.8 Å². The van der Waals surface area contributed by atoms with Crippen molar-refractivity contribution >= 4 is 31.7 Å². The Kier molecular flexibility index (Phi) is 5.88. The number of hydrogen-bond acceptors (Lipinski definition) is 5. The first-order valence-electron chi connectivity index (χ1n) is 10.8. The fourth-order valence-electron chi connectivity index (χ4n) is 3.93. The molecule has 3 aromatic carbocycles. The van der Waals surface area contributed by atoms with Crippen LogP contribution in [0.25, 0.3) is 32.8 Å². The van der Waals surface area contributed by atoms with Crippen molar-refractivity contribution in [2.24, 2.45) is 7.05 Å². The van der Waals surface area contributed by atoms with Gasteiger partial charge < -0.3 is 0 Å². The molecule has 0 saturated carbocycles. The van der Waals surface area contributed by atoms with Gasteiger partial charge in [0.1, 0.15) is 5.82 Å². The molecular weight excluding hydrogens is 467 g/mol. The molecule has 0 radical (unpaired) electrons. The summed E-state index contributed by atoms with van der Waals surface area (Å²) in [5, 5.41) is 5.72. The number of pyridine rings is 1. The Labute approximate surface area is 200 Å². The lowest BCUT2D eigenvalue weighted by Gasteiger charge is -2.07. The molecule has 0 amide bonds. The third-order valence-electron chi connectivity index (χ3n) is 5.75. The van der Waals surface area contributed by atoms with Crippen molar-refractivity contribution in [3.8, 4) is 11.1 Å². The number of aromatic nitrogens is 3. The van der Waals surface area contributed by atoms with Crippen LogP contribution in [0.4, 0.5) is 4.39 Å². The Balaban J connectivity index is 1.49. The topological polar surface area (TPSA) is 94.0 Å². The largest absolute Gasteiger partial charge is 0.289 e. The highest BCUT2D eigenvalue weighted by molar-refractivity contribution is 7.88. The second-order valence-electron chi connectivity index (χ2n) is 8.35. The third kappa shape index (κ3) is 4.96. The molecule has 0 atom stereocenters. The summed E-state index contributed by atoms with van der Waals surface area (Å²) in [5.41, 5.74) is 3.07. The van der Waals surface area contributed by atoms with E-state index in [2.05, 4.69) is 14.8 Å². The number of sulfonamides is 1. The van der Waals surface area contributed by atoms with Gasteiger partial charge in [-0.3, -0.25) is 14.5 Å². The Morgan fingerprint density at radius 2 is 1.66 bits per heavy atom. The molecule has 0 aliphatic heterocycles. The van der Waals surface area contributed by atoms with Crippen LogP contribution in [0.3, 0.4) is 0 Å². The highest BCUT2D eigenvalue weighted by atomic mass is 32.2. The van der Waals surface area contributed by atoms with Crippen LogP contribution in [0.15, 0.2) is 84.0 Å². The summed E-state index contributed by atoms with van der Waals surface area (Å²) in [6.45, 7) is 0.0470. The molecule has 1 N–H and O–H groups in total. The molecule has 5 rings (SSSR count). The summed E-state index contributed by atoms with van der Waals surface area (Å²) in [5.74, 6) is -0.677. The van der Waals surface area contributed by atoms with E-state index < -0.39 is 10.0 Å². The summed E-state index contributed by atoms with van der Waals surface area (Å²) in [6.07, 6.45) is 5.25. The Morgan fingerprint density at radius 1 is 0.914 bits per heavy atom. The third-order valence-corrected chi connectivity index (χ3v) is 7.05. The quantitative estimate of drug-likeness (QED) is 0.391. The van der Waals surface area contributed by atoms with E-state index in [0.717, 1.165) is 11.1 Å². The zero-order chi connectivity index (χ0) is 24.6. The molecule has 176 valence electrons. The summed E-state index contributed by atoms with van der Waals surface area (Å²) in [6, 6.07) is 16.0. The number of nitrogens with zero attached hydrogens (tertiary/aromatic N) is 3. The zero-order valence-corrected chi connectivity index (χ0v) is 19.6. The molecule has 9 heteroatoms. The van der Waals surface area contributed by atoms with Gasteiger partial charge in [-0.25, -0.2) is 17.5 Å². The van der Waals surface area contributed by atoms with Crippen LogP contribution >= 0.6 is 0 Å². The molecular formula is C26H21FN4O3S. The maximum atomic E-state index is 13.5. The first-order chi connectivity index (χ1) is 16.8. The molecule has 2 aromatic heterocycles. The van der Waals surface area contributed by atoms with Crippen LogP contribution < -0.4 is 10.2 Å². The van der Waals surface area contributed by atoms with Gasteiger partial charge in [-0.2, -0.15) is 5.10 Å². The van der Waals surface area contributed by atoms with Gasteiger partial charge in [0.15, 0.2) is 5.43 Å². The van der Waals surface area contributed by atoms with E-state index in [0.29, 0.717) is 32.8 Å². The number of nitrogens with one attached hydrogen (secondary N) is 1. The minimum atomic E-state index is -3.69. The van der Waals surface area contributed by atoms with E-state index in [1.54, 1.807) is 53.5 Å². The summed E-state index contributed by atoms with van der Waals surface area (Å²) in [7, 11) is -1.88. The van der Waals surface area contributed by atoms with Gasteiger partial charge in [0.2, 0.25) is 10.0 Å². The second-order valence-corrected chi connectivity index (χ2v) is 10.2. The molecule has 0 fully saturated rings. The van der Waals surface area contributed by atoms with Crippen LogP contribution in [0.1, 0.15) is 11.1 Å². The number of halogens is 1. The van der Waals surface area contributed by atoms with E-state index in [9.17, 15) is 17.6 Å². The number of hydrogen-bond donors (Lipinski definition) is 1. The van der Waals surface area contributed by atoms with Crippen molar-refractivity contribution in [1.29, 1.82) is 0 Å². The van der Waals surface area contributed by atoms with Crippen molar-refractivity contribution in [3.05, 3.63) is 106 Å². The fourth-order valence-corrected chi connectivity index (χ4v) is 5.04.